The maximum Gasteiger partial charge on any atom is 0.0732 e. The molecule has 0 amide bonds. The summed E-state index contributed by atoms with van der Waals surface area (Å²) < 4.78 is 0. The minimum absolute atomic E-state index is 0.674. The zero-order chi connectivity index (χ0) is 13.4. The molecule has 1 aromatic heterocycles. The second-order valence-electron chi connectivity index (χ2n) is 5.08. The van der Waals surface area contributed by atoms with Crippen molar-refractivity contribution in [1.29, 1.82) is 0 Å². The van der Waals surface area contributed by atoms with Crippen LogP contribution in [0.4, 0.5) is 0 Å². The Morgan fingerprint density at radius 1 is 1.10 bits per heavy atom. The summed E-state index contributed by atoms with van der Waals surface area (Å²) in [6.07, 6.45) is 0. The molecule has 0 spiro atoms. The molecule has 1 nitrogen and oxygen atoms in total. The van der Waals surface area contributed by atoms with E-state index >= 15 is 0 Å². The molecule has 20 heavy (non-hydrogen) atoms. The van der Waals surface area contributed by atoms with Crippen molar-refractivity contribution in [2.45, 2.75) is 15.8 Å². The molecule has 1 aliphatic rings. The van der Waals surface area contributed by atoms with Crippen molar-refractivity contribution < 1.29 is 0 Å². The van der Waals surface area contributed by atoms with Gasteiger partial charge in [0.05, 0.1) is 5.03 Å². The number of H-pyrrole nitrogens is 1. The van der Waals surface area contributed by atoms with Crippen molar-refractivity contribution in [3.63, 3.8) is 0 Å². The van der Waals surface area contributed by atoms with E-state index in [4.69, 9.17) is 0 Å². The van der Waals surface area contributed by atoms with E-state index in [0.29, 0.717) is 5.92 Å². The number of aromatic amines is 1. The van der Waals surface area contributed by atoms with Crippen LogP contribution in [0.25, 0.3) is 10.9 Å². The van der Waals surface area contributed by atoms with Gasteiger partial charge in [-0.1, -0.05) is 36.4 Å². The number of hydrogen-bond acceptors (Lipinski definition) is 2. The standard InChI is InChI=1S/C17H15NS2/c1-3-7-15-12(5-1)9-17(18-15)20-11-13-10-19-16-8-4-2-6-14(13)16/h1-9,13,18H,10-11H2. The predicted molar refractivity (Wildman–Crippen MR) is 88.9 cm³/mol. The zero-order valence-electron chi connectivity index (χ0n) is 11.0. The van der Waals surface area contributed by atoms with E-state index in [0.717, 1.165) is 5.75 Å². The van der Waals surface area contributed by atoms with Crippen molar-refractivity contribution >= 4 is 34.4 Å². The quantitative estimate of drug-likeness (QED) is 0.673. The normalized spacial score (nSPS) is 17.5. The molecule has 2 aromatic carbocycles. The van der Waals surface area contributed by atoms with Gasteiger partial charge in [0.25, 0.3) is 0 Å². The van der Waals surface area contributed by atoms with Crippen LogP contribution in [0, 0.1) is 0 Å². The summed E-state index contributed by atoms with van der Waals surface area (Å²) in [6, 6.07) is 19.6. The van der Waals surface area contributed by atoms with E-state index in [2.05, 4.69) is 59.6 Å². The van der Waals surface area contributed by atoms with Crippen LogP contribution in [0.5, 0.6) is 0 Å². The van der Waals surface area contributed by atoms with Gasteiger partial charge in [-0.25, -0.2) is 0 Å². The van der Waals surface area contributed by atoms with E-state index in [1.165, 1.54) is 32.1 Å². The number of thioether (sulfide) groups is 2. The Morgan fingerprint density at radius 2 is 1.95 bits per heavy atom. The molecule has 3 aromatic rings. The van der Waals surface area contributed by atoms with Gasteiger partial charge in [-0.05, 0) is 23.8 Å². The lowest BCUT2D eigenvalue weighted by molar-refractivity contribution is 0.895. The number of benzene rings is 2. The highest BCUT2D eigenvalue weighted by atomic mass is 32.2. The first-order valence-corrected chi connectivity index (χ1v) is 8.79. The van der Waals surface area contributed by atoms with Gasteiger partial charge in [0.2, 0.25) is 0 Å². The van der Waals surface area contributed by atoms with E-state index in [1.54, 1.807) is 0 Å². The minimum atomic E-state index is 0.674. The Balaban J connectivity index is 1.51. The SMILES string of the molecule is c1ccc2c(c1)SCC2CSc1cc2ccccc2[nH]1. The average Bonchev–Trinajstić information content (AvgIpc) is 3.08. The van der Waals surface area contributed by atoms with Crippen molar-refractivity contribution in [1.82, 2.24) is 4.98 Å². The Morgan fingerprint density at radius 3 is 2.90 bits per heavy atom. The largest absolute Gasteiger partial charge is 0.350 e. The van der Waals surface area contributed by atoms with Gasteiger partial charge in [-0.2, -0.15) is 0 Å². The highest BCUT2D eigenvalue weighted by molar-refractivity contribution is 8.00. The molecule has 0 saturated carbocycles. The maximum atomic E-state index is 3.50. The van der Waals surface area contributed by atoms with Crippen molar-refractivity contribution in [3.8, 4) is 0 Å². The smallest absolute Gasteiger partial charge is 0.0732 e. The second kappa shape index (κ2) is 5.23. The first-order chi connectivity index (χ1) is 9.90. The van der Waals surface area contributed by atoms with Gasteiger partial charge in [0.15, 0.2) is 0 Å². The van der Waals surface area contributed by atoms with Crippen LogP contribution in [-0.2, 0) is 0 Å². The lowest BCUT2D eigenvalue weighted by Crippen LogP contribution is -1.99. The van der Waals surface area contributed by atoms with E-state index < -0.39 is 0 Å². The molecule has 1 N–H and O–H groups in total. The van der Waals surface area contributed by atoms with Crippen molar-refractivity contribution in [2.75, 3.05) is 11.5 Å². The molecule has 2 heterocycles. The highest BCUT2D eigenvalue weighted by Crippen LogP contribution is 2.41. The summed E-state index contributed by atoms with van der Waals surface area (Å²) >= 11 is 3.93. The van der Waals surface area contributed by atoms with Gasteiger partial charge in [0.1, 0.15) is 0 Å². The Kier molecular flexibility index (Phi) is 3.25. The third-order valence-corrected chi connectivity index (χ3v) is 6.10. The number of nitrogens with one attached hydrogen (secondary N) is 1. The summed E-state index contributed by atoms with van der Waals surface area (Å²) in [5.41, 5.74) is 2.76. The lowest BCUT2D eigenvalue weighted by Gasteiger charge is -2.09. The van der Waals surface area contributed by atoms with Gasteiger partial charge in [-0.3, -0.25) is 0 Å². The third-order valence-electron chi connectivity index (χ3n) is 3.74. The Hall–Kier alpha value is -1.32. The van der Waals surface area contributed by atoms with E-state index in [-0.39, 0.29) is 0 Å². The summed E-state index contributed by atoms with van der Waals surface area (Å²) in [5, 5.41) is 2.58. The molecule has 0 radical (unpaired) electrons. The summed E-state index contributed by atoms with van der Waals surface area (Å²) in [4.78, 5) is 4.97. The van der Waals surface area contributed by atoms with E-state index in [1.807, 2.05) is 23.5 Å². The molecule has 100 valence electrons. The first kappa shape index (κ1) is 12.4. The van der Waals surface area contributed by atoms with Crippen LogP contribution in [0.15, 0.2) is 64.5 Å². The molecule has 1 atom stereocenters. The molecule has 0 aliphatic carbocycles. The summed E-state index contributed by atoms with van der Waals surface area (Å²) in [7, 11) is 0. The van der Waals surface area contributed by atoms with Gasteiger partial charge < -0.3 is 4.98 Å². The van der Waals surface area contributed by atoms with Crippen LogP contribution in [0.3, 0.4) is 0 Å². The Labute approximate surface area is 127 Å². The Bertz CT molecular complexity index is 714. The summed E-state index contributed by atoms with van der Waals surface area (Å²) in [5.74, 6) is 3.04. The molecule has 0 bridgehead atoms. The van der Waals surface area contributed by atoms with Gasteiger partial charge >= 0.3 is 0 Å². The topological polar surface area (TPSA) is 15.8 Å². The monoisotopic (exact) mass is 297 g/mol. The van der Waals surface area contributed by atoms with E-state index in [9.17, 15) is 0 Å². The van der Waals surface area contributed by atoms with Crippen LogP contribution in [0.1, 0.15) is 11.5 Å². The van der Waals surface area contributed by atoms with Crippen LogP contribution < -0.4 is 0 Å². The highest BCUT2D eigenvalue weighted by Gasteiger charge is 2.22. The number of para-hydroxylation sites is 1. The molecule has 1 unspecified atom stereocenters. The third kappa shape index (κ3) is 2.25. The first-order valence-electron chi connectivity index (χ1n) is 6.82. The van der Waals surface area contributed by atoms with Crippen molar-refractivity contribution in [3.05, 3.63) is 60.2 Å². The molecule has 0 saturated heterocycles. The zero-order valence-corrected chi connectivity index (χ0v) is 12.6. The molecule has 1 aliphatic heterocycles. The lowest BCUT2D eigenvalue weighted by atomic mass is 10.0. The van der Waals surface area contributed by atoms with Gasteiger partial charge in [0, 0.05) is 33.2 Å². The maximum absolute atomic E-state index is 3.50. The van der Waals surface area contributed by atoms with Crippen LogP contribution in [0.2, 0.25) is 0 Å². The minimum Gasteiger partial charge on any atom is -0.350 e. The number of hydrogen-bond donors (Lipinski definition) is 1. The molecule has 4 rings (SSSR count). The fourth-order valence-electron chi connectivity index (χ4n) is 2.68. The van der Waals surface area contributed by atoms with Gasteiger partial charge in [-0.15, -0.1) is 23.5 Å². The fraction of sp³-hybridized carbons (Fsp3) is 0.176. The molecular formula is C17H15NS2. The summed E-state index contributed by atoms with van der Waals surface area (Å²) in [6.45, 7) is 0. The number of rotatable bonds is 3. The number of aromatic nitrogens is 1. The van der Waals surface area contributed by atoms with Crippen LogP contribution >= 0.6 is 23.5 Å². The second-order valence-corrected chi connectivity index (χ2v) is 7.20. The van der Waals surface area contributed by atoms with Crippen LogP contribution in [-0.4, -0.2) is 16.5 Å². The van der Waals surface area contributed by atoms with Crippen molar-refractivity contribution in [2.24, 2.45) is 0 Å². The average molecular weight is 297 g/mol. The molecule has 0 fully saturated rings. The molecular weight excluding hydrogens is 282 g/mol. The fourth-order valence-corrected chi connectivity index (χ4v) is 5.16. The number of fused-ring (bicyclic) bond motifs is 2. The molecule has 3 heteroatoms. The predicted octanol–water partition coefficient (Wildman–Crippen LogP) is 5.15.